The Morgan fingerprint density at radius 2 is 1.96 bits per heavy atom. The maximum absolute atomic E-state index is 6.34. The molecule has 0 saturated carbocycles. The van der Waals surface area contributed by atoms with E-state index in [0.29, 0.717) is 13.2 Å². The minimum absolute atomic E-state index is 0.192. The summed E-state index contributed by atoms with van der Waals surface area (Å²) in [5.41, 5.74) is 2.47. The SMILES string of the molecule is CCOCCOc1ccc2c(c1)CCOC21CCN(c2ncccn2)CC1. The third-order valence-electron chi connectivity index (χ3n) is 5.42. The Morgan fingerprint density at radius 3 is 2.74 bits per heavy atom. The largest absolute Gasteiger partial charge is 0.491 e. The summed E-state index contributed by atoms with van der Waals surface area (Å²) < 4.78 is 17.5. The van der Waals surface area contributed by atoms with Gasteiger partial charge in [-0.15, -0.1) is 0 Å². The third-order valence-corrected chi connectivity index (χ3v) is 5.42. The molecular formula is C21H27N3O3. The van der Waals surface area contributed by atoms with Gasteiger partial charge in [0.05, 0.1) is 18.8 Å². The lowest BCUT2D eigenvalue weighted by Gasteiger charge is -2.45. The Hall–Kier alpha value is -2.18. The first-order chi connectivity index (χ1) is 13.3. The van der Waals surface area contributed by atoms with Crippen LogP contribution in [0.5, 0.6) is 5.75 Å². The van der Waals surface area contributed by atoms with Crippen LogP contribution in [-0.2, 0) is 21.5 Å². The molecule has 1 spiro atoms. The average molecular weight is 369 g/mol. The zero-order valence-electron chi connectivity index (χ0n) is 15.9. The molecule has 3 heterocycles. The molecule has 6 nitrogen and oxygen atoms in total. The molecule has 0 N–H and O–H groups in total. The average Bonchev–Trinajstić information content (AvgIpc) is 2.73. The molecule has 1 fully saturated rings. The van der Waals surface area contributed by atoms with Crippen molar-refractivity contribution < 1.29 is 14.2 Å². The number of fused-ring (bicyclic) bond motifs is 2. The highest BCUT2D eigenvalue weighted by atomic mass is 16.5. The Kier molecular flexibility index (Phi) is 5.55. The number of ether oxygens (including phenoxy) is 3. The van der Waals surface area contributed by atoms with E-state index in [2.05, 4.69) is 33.1 Å². The van der Waals surface area contributed by atoms with Crippen LogP contribution in [0.3, 0.4) is 0 Å². The Balaban J connectivity index is 1.45. The molecule has 1 aromatic carbocycles. The fraction of sp³-hybridized carbons (Fsp3) is 0.524. The predicted molar refractivity (Wildman–Crippen MR) is 103 cm³/mol. The van der Waals surface area contributed by atoms with E-state index in [1.165, 1.54) is 11.1 Å². The highest BCUT2D eigenvalue weighted by Crippen LogP contribution is 2.42. The number of nitrogens with zero attached hydrogens (tertiary/aromatic N) is 3. The third kappa shape index (κ3) is 3.92. The molecular weight excluding hydrogens is 342 g/mol. The molecule has 0 amide bonds. The van der Waals surface area contributed by atoms with E-state index in [-0.39, 0.29) is 5.60 Å². The Labute approximate surface area is 160 Å². The number of hydrogen-bond acceptors (Lipinski definition) is 6. The molecule has 0 radical (unpaired) electrons. The van der Waals surface area contributed by atoms with E-state index in [1.54, 1.807) is 12.4 Å². The van der Waals surface area contributed by atoms with Gasteiger partial charge in [-0.3, -0.25) is 0 Å². The van der Waals surface area contributed by atoms with Crippen LogP contribution < -0.4 is 9.64 Å². The lowest BCUT2D eigenvalue weighted by atomic mass is 9.79. The summed E-state index contributed by atoms with van der Waals surface area (Å²) in [5.74, 6) is 1.72. The topological polar surface area (TPSA) is 56.7 Å². The Morgan fingerprint density at radius 1 is 1.15 bits per heavy atom. The lowest BCUT2D eigenvalue weighted by molar-refractivity contribution is -0.0768. The zero-order chi connectivity index (χ0) is 18.5. The zero-order valence-corrected chi connectivity index (χ0v) is 15.9. The van der Waals surface area contributed by atoms with Gasteiger partial charge in [0, 0.05) is 32.1 Å². The van der Waals surface area contributed by atoms with Crippen molar-refractivity contribution in [2.45, 2.75) is 31.8 Å². The minimum atomic E-state index is -0.192. The molecule has 2 aliphatic heterocycles. The molecule has 1 saturated heterocycles. The van der Waals surface area contributed by atoms with Crippen LogP contribution in [0.25, 0.3) is 0 Å². The molecule has 6 heteroatoms. The van der Waals surface area contributed by atoms with Gasteiger partial charge in [0.15, 0.2) is 0 Å². The molecule has 4 rings (SSSR count). The maximum Gasteiger partial charge on any atom is 0.225 e. The molecule has 0 bridgehead atoms. The second kappa shape index (κ2) is 8.23. The van der Waals surface area contributed by atoms with Crippen LogP contribution >= 0.6 is 0 Å². The van der Waals surface area contributed by atoms with E-state index in [4.69, 9.17) is 14.2 Å². The number of rotatable bonds is 6. The monoisotopic (exact) mass is 369 g/mol. The summed E-state index contributed by atoms with van der Waals surface area (Å²) in [6.07, 6.45) is 6.43. The number of piperidine rings is 1. The van der Waals surface area contributed by atoms with Crippen molar-refractivity contribution in [2.75, 3.05) is 44.4 Å². The van der Waals surface area contributed by atoms with Gasteiger partial charge in [0.1, 0.15) is 12.4 Å². The van der Waals surface area contributed by atoms with E-state index in [9.17, 15) is 0 Å². The van der Waals surface area contributed by atoms with E-state index < -0.39 is 0 Å². The van der Waals surface area contributed by atoms with Crippen LogP contribution in [0.4, 0.5) is 5.95 Å². The van der Waals surface area contributed by atoms with Gasteiger partial charge >= 0.3 is 0 Å². The predicted octanol–water partition coefficient (Wildman–Crippen LogP) is 2.96. The van der Waals surface area contributed by atoms with Crippen LogP contribution in [0, 0.1) is 0 Å². The molecule has 2 aliphatic rings. The molecule has 1 aromatic heterocycles. The van der Waals surface area contributed by atoms with Gasteiger partial charge in [-0.2, -0.15) is 0 Å². The first-order valence-electron chi connectivity index (χ1n) is 9.81. The van der Waals surface area contributed by atoms with Crippen molar-refractivity contribution in [1.29, 1.82) is 0 Å². The highest BCUT2D eigenvalue weighted by Gasteiger charge is 2.41. The summed E-state index contributed by atoms with van der Waals surface area (Å²) in [7, 11) is 0. The van der Waals surface area contributed by atoms with Gasteiger partial charge in [-0.05, 0) is 55.5 Å². The molecule has 2 aromatic rings. The van der Waals surface area contributed by atoms with Gasteiger partial charge in [-0.25, -0.2) is 9.97 Å². The van der Waals surface area contributed by atoms with Gasteiger partial charge in [0.25, 0.3) is 0 Å². The van der Waals surface area contributed by atoms with E-state index >= 15 is 0 Å². The first-order valence-corrected chi connectivity index (χ1v) is 9.81. The lowest BCUT2D eigenvalue weighted by Crippen LogP contribution is -2.47. The normalized spacial score (nSPS) is 18.3. The van der Waals surface area contributed by atoms with Crippen molar-refractivity contribution in [2.24, 2.45) is 0 Å². The van der Waals surface area contributed by atoms with Gasteiger partial charge in [0.2, 0.25) is 5.95 Å². The minimum Gasteiger partial charge on any atom is -0.491 e. The number of aromatic nitrogens is 2. The first kappa shape index (κ1) is 18.2. The number of anilines is 1. The van der Waals surface area contributed by atoms with E-state index in [0.717, 1.165) is 57.3 Å². The van der Waals surface area contributed by atoms with Crippen LogP contribution in [0.15, 0.2) is 36.7 Å². The van der Waals surface area contributed by atoms with E-state index in [1.807, 2.05) is 13.0 Å². The number of benzene rings is 1. The van der Waals surface area contributed by atoms with Crippen LogP contribution in [-0.4, -0.2) is 49.5 Å². The molecule has 0 aliphatic carbocycles. The van der Waals surface area contributed by atoms with Crippen molar-refractivity contribution in [3.63, 3.8) is 0 Å². The fourth-order valence-electron chi connectivity index (χ4n) is 4.04. The summed E-state index contributed by atoms with van der Waals surface area (Å²) >= 11 is 0. The standard InChI is InChI=1S/C21H27N3O3/c1-2-25-14-15-26-18-4-5-19-17(16-18)6-13-27-21(19)7-11-24(12-8-21)20-22-9-3-10-23-20/h3-5,9-10,16H,2,6-8,11-15H2,1H3. The summed E-state index contributed by atoms with van der Waals surface area (Å²) in [5, 5.41) is 0. The number of hydrogen-bond donors (Lipinski definition) is 0. The second-order valence-electron chi connectivity index (χ2n) is 6.99. The van der Waals surface area contributed by atoms with Gasteiger partial charge < -0.3 is 19.1 Å². The summed E-state index contributed by atoms with van der Waals surface area (Å²) in [4.78, 5) is 11.0. The van der Waals surface area contributed by atoms with Crippen molar-refractivity contribution in [3.8, 4) is 5.75 Å². The van der Waals surface area contributed by atoms with Crippen LogP contribution in [0.1, 0.15) is 30.9 Å². The molecule has 0 atom stereocenters. The summed E-state index contributed by atoms with van der Waals surface area (Å²) in [6, 6.07) is 8.29. The molecule has 0 unspecified atom stereocenters. The smallest absolute Gasteiger partial charge is 0.225 e. The van der Waals surface area contributed by atoms with Gasteiger partial charge in [-0.1, -0.05) is 6.07 Å². The molecule has 27 heavy (non-hydrogen) atoms. The highest BCUT2D eigenvalue weighted by molar-refractivity contribution is 5.42. The van der Waals surface area contributed by atoms with Crippen molar-refractivity contribution in [1.82, 2.24) is 9.97 Å². The second-order valence-corrected chi connectivity index (χ2v) is 6.99. The maximum atomic E-state index is 6.34. The Bertz CT molecular complexity index is 746. The quantitative estimate of drug-likeness (QED) is 0.730. The summed E-state index contributed by atoms with van der Waals surface area (Å²) in [6.45, 7) is 6.48. The van der Waals surface area contributed by atoms with Crippen molar-refractivity contribution in [3.05, 3.63) is 47.8 Å². The molecule has 144 valence electrons. The fourth-order valence-corrected chi connectivity index (χ4v) is 4.04. The van der Waals surface area contributed by atoms with Crippen LogP contribution in [0.2, 0.25) is 0 Å². The van der Waals surface area contributed by atoms with Crippen molar-refractivity contribution >= 4 is 5.95 Å².